The number of nitrogens with two attached hydrogens (primary N) is 1. The minimum absolute atomic E-state index is 0.0898. The van der Waals surface area contributed by atoms with Gasteiger partial charge in [0.1, 0.15) is 11.6 Å². The van der Waals surface area contributed by atoms with Gasteiger partial charge >= 0.3 is 6.03 Å². The monoisotopic (exact) mass is 420 g/mol. The summed E-state index contributed by atoms with van der Waals surface area (Å²) < 4.78 is 27.0. The highest BCUT2D eigenvalue weighted by atomic mass is 19.1. The first-order valence-corrected chi connectivity index (χ1v) is 10.0. The van der Waals surface area contributed by atoms with Crippen LogP contribution < -0.4 is 16.0 Å². The number of carbonyl (C=O) groups excluding carboxylic acids is 3. The fourth-order valence-corrected chi connectivity index (χ4v) is 3.84. The van der Waals surface area contributed by atoms with Crippen LogP contribution in [0.5, 0.6) is 0 Å². The van der Waals surface area contributed by atoms with Crippen molar-refractivity contribution in [3.05, 3.63) is 42.0 Å². The Morgan fingerprint density at radius 1 is 1.20 bits per heavy atom. The van der Waals surface area contributed by atoms with Gasteiger partial charge < -0.3 is 15.5 Å². The summed E-state index contributed by atoms with van der Waals surface area (Å²) in [6, 6.07) is 2.41. The van der Waals surface area contributed by atoms with E-state index in [0.29, 0.717) is 25.3 Å². The van der Waals surface area contributed by atoms with Crippen molar-refractivity contribution < 1.29 is 23.2 Å². The third-order valence-electron chi connectivity index (χ3n) is 5.47. The summed E-state index contributed by atoms with van der Waals surface area (Å²) in [7, 11) is 0. The molecule has 4 amide bonds. The Balaban J connectivity index is 1.54. The molecule has 2 fully saturated rings. The Morgan fingerprint density at radius 3 is 2.43 bits per heavy atom. The molecule has 1 aliphatic heterocycles. The van der Waals surface area contributed by atoms with E-state index in [-0.39, 0.29) is 24.3 Å². The molecular weight excluding hydrogens is 394 g/mol. The zero-order valence-electron chi connectivity index (χ0n) is 16.8. The molecule has 3 rings (SSSR count). The number of benzene rings is 1. The zero-order chi connectivity index (χ0) is 21.8. The van der Waals surface area contributed by atoms with Gasteiger partial charge in [0, 0.05) is 43.9 Å². The number of anilines is 1. The minimum Gasteiger partial charge on any atom is -0.365 e. The SMILES string of the molecule is C[C@@H]1CN(C(=O)C/C=C\C(C(=O)NC(N)=O)C2CC2)CCN1c1cc(F)cc(F)c1. The molecule has 0 bridgehead atoms. The molecule has 1 aliphatic carbocycles. The molecule has 1 saturated carbocycles. The minimum atomic E-state index is -0.889. The van der Waals surface area contributed by atoms with Gasteiger partial charge in [-0.2, -0.15) is 0 Å². The predicted octanol–water partition coefficient (Wildman–Crippen LogP) is 2.17. The van der Waals surface area contributed by atoms with Gasteiger partial charge in [0.25, 0.3) is 0 Å². The third-order valence-corrected chi connectivity index (χ3v) is 5.47. The number of carbonyl (C=O) groups is 3. The Labute approximate surface area is 173 Å². The summed E-state index contributed by atoms with van der Waals surface area (Å²) >= 11 is 0. The fraction of sp³-hybridized carbons (Fsp3) is 0.476. The lowest BCUT2D eigenvalue weighted by atomic mass is 10.0. The molecule has 0 aromatic heterocycles. The molecule has 162 valence electrons. The van der Waals surface area contributed by atoms with E-state index in [9.17, 15) is 23.2 Å². The lowest BCUT2D eigenvalue weighted by molar-refractivity contribution is -0.131. The van der Waals surface area contributed by atoms with Crippen molar-refractivity contribution in [3.63, 3.8) is 0 Å². The first kappa shape index (κ1) is 21.7. The number of halogens is 2. The van der Waals surface area contributed by atoms with Crippen LogP contribution in [-0.4, -0.2) is 48.4 Å². The molecule has 9 heteroatoms. The quantitative estimate of drug-likeness (QED) is 0.690. The van der Waals surface area contributed by atoms with E-state index < -0.39 is 29.5 Å². The number of imide groups is 1. The van der Waals surface area contributed by atoms with E-state index in [1.807, 2.05) is 11.8 Å². The van der Waals surface area contributed by atoms with E-state index in [0.717, 1.165) is 18.9 Å². The number of amides is 4. The van der Waals surface area contributed by atoms with Gasteiger partial charge in [-0.25, -0.2) is 13.6 Å². The van der Waals surface area contributed by atoms with Gasteiger partial charge in [-0.05, 0) is 37.8 Å². The van der Waals surface area contributed by atoms with Gasteiger partial charge in [-0.1, -0.05) is 12.2 Å². The second-order valence-corrected chi connectivity index (χ2v) is 7.86. The standard InChI is InChI=1S/C21H26F2N4O3/c1-13-12-26(7-8-27(13)17-10-15(22)9-16(23)11-17)19(28)4-2-3-18(14-5-6-14)20(29)25-21(24)30/h2-3,9-11,13-14,18H,4-8,12H2,1H3,(H3,24,25,29,30)/b3-2-/t13-,18?/m1/s1. The van der Waals surface area contributed by atoms with Crippen LogP contribution in [0.2, 0.25) is 0 Å². The number of rotatable bonds is 6. The molecule has 1 aromatic rings. The van der Waals surface area contributed by atoms with Crippen LogP contribution in [0, 0.1) is 23.5 Å². The summed E-state index contributed by atoms with van der Waals surface area (Å²) in [5, 5.41) is 2.09. The average molecular weight is 420 g/mol. The number of hydrogen-bond donors (Lipinski definition) is 2. The molecule has 1 aromatic carbocycles. The lowest BCUT2D eigenvalue weighted by Gasteiger charge is -2.41. The van der Waals surface area contributed by atoms with Crippen LogP contribution in [-0.2, 0) is 9.59 Å². The highest BCUT2D eigenvalue weighted by Crippen LogP contribution is 2.37. The molecule has 3 N–H and O–H groups in total. The summed E-state index contributed by atoms with van der Waals surface area (Å²) in [5.74, 6) is -2.10. The molecule has 0 radical (unpaired) electrons. The summed E-state index contributed by atoms with van der Waals surface area (Å²) in [4.78, 5) is 39.1. The second kappa shape index (κ2) is 9.23. The van der Waals surface area contributed by atoms with Crippen molar-refractivity contribution in [3.8, 4) is 0 Å². The van der Waals surface area contributed by atoms with Crippen molar-refractivity contribution in [2.75, 3.05) is 24.5 Å². The van der Waals surface area contributed by atoms with Crippen LogP contribution >= 0.6 is 0 Å². The largest absolute Gasteiger partial charge is 0.365 e. The number of nitrogens with zero attached hydrogens (tertiary/aromatic N) is 2. The smallest absolute Gasteiger partial charge is 0.318 e. The molecular formula is C21H26F2N4O3. The van der Waals surface area contributed by atoms with E-state index in [2.05, 4.69) is 5.32 Å². The van der Waals surface area contributed by atoms with Crippen molar-refractivity contribution in [2.45, 2.75) is 32.2 Å². The maximum atomic E-state index is 13.5. The fourth-order valence-electron chi connectivity index (χ4n) is 3.84. The second-order valence-electron chi connectivity index (χ2n) is 7.86. The number of nitrogens with one attached hydrogen (secondary N) is 1. The maximum absolute atomic E-state index is 13.5. The summed E-state index contributed by atoms with van der Waals surface area (Å²) in [6.45, 7) is 3.23. The Bertz CT molecular complexity index is 836. The summed E-state index contributed by atoms with van der Waals surface area (Å²) in [6.07, 6.45) is 5.26. The van der Waals surface area contributed by atoms with Crippen LogP contribution in [0.25, 0.3) is 0 Å². The highest BCUT2D eigenvalue weighted by Gasteiger charge is 2.35. The van der Waals surface area contributed by atoms with Crippen LogP contribution in [0.3, 0.4) is 0 Å². The maximum Gasteiger partial charge on any atom is 0.318 e. The molecule has 2 atom stereocenters. The molecule has 0 spiro atoms. The Hall–Kier alpha value is -2.97. The van der Waals surface area contributed by atoms with Crippen molar-refractivity contribution in [1.29, 1.82) is 0 Å². The van der Waals surface area contributed by atoms with Crippen LogP contribution in [0.4, 0.5) is 19.3 Å². The van der Waals surface area contributed by atoms with E-state index in [1.54, 1.807) is 17.1 Å². The molecule has 2 aliphatic rings. The van der Waals surface area contributed by atoms with E-state index >= 15 is 0 Å². The first-order chi connectivity index (χ1) is 14.2. The van der Waals surface area contributed by atoms with Gasteiger partial charge in [0.2, 0.25) is 11.8 Å². The number of urea groups is 1. The third kappa shape index (κ3) is 5.55. The molecule has 1 unspecified atom stereocenters. The van der Waals surface area contributed by atoms with Crippen molar-refractivity contribution in [1.82, 2.24) is 10.2 Å². The Morgan fingerprint density at radius 2 is 1.87 bits per heavy atom. The van der Waals surface area contributed by atoms with E-state index in [1.165, 1.54) is 12.1 Å². The van der Waals surface area contributed by atoms with Gasteiger partial charge in [-0.15, -0.1) is 0 Å². The highest BCUT2D eigenvalue weighted by molar-refractivity contribution is 5.95. The number of hydrogen-bond acceptors (Lipinski definition) is 4. The molecule has 7 nitrogen and oxygen atoms in total. The topological polar surface area (TPSA) is 95.7 Å². The van der Waals surface area contributed by atoms with Crippen LogP contribution in [0.1, 0.15) is 26.2 Å². The first-order valence-electron chi connectivity index (χ1n) is 10.0. The van der Waals surface area contributed by atoms with E-state index in [4.69, 9.17) is 5.73 Å². The molecule has 30 heavy (non-hydrogen) atoms. The Kier molecular flexibility index (Phi) is 6.69. The van der Waals surface area contributed by atoms with Crippen LogP contribution in [0.15, 0.2) is 30.4 Å². The zero-order valence-corrected chi connectivity index (χ0v) is 16.8. The number of primary amides is 1. The summed E-state index contributed by atoms with van der Waals surface area (Å²) in [5.41, 5.74) is 5.47. The predicted molar refractivity (Wildman–Crippen MR) is 107 cm³/mol. The lowest BCUT2D eigenvalue weighted by Crippen LogP contribution is -2.53. The van der Waals surface area contributed by atoms with Crippen molar-refractivity contribution in [2.24, 2.45) is 17.6 Å². The van der Waals surface area contributed by atoms with Gasteiger partial charge in [-0.3, -0.25) is 14.9 Å². The average Bonchev–Trinajstić information content (AvgIpc) is 3.48. The van der Waals surface area contributed by atoms with Gasteiger partial charge in [0.05, 0.1) is 5.92 Å². The molecule has 1 heterocycles. The number of piperazine rings is 1. The van der Waals surface area contributed by atoms with Crippen molar-refractivity contribution >= 4 is 23.5 Å². The molecule has 1 saturated heterocycles. The normalized spacial score (nSPS) is 20.3. The van der Waals surface area contributed by atoms with Gasteiger partial charge in [0.15, 0.2) is 0 Å².